The molecule has 4 rings (SSSR count). The molecule has 184 valence electrons. The number of nitrogens with two attached hydrogens (primary N) is 1. The molecule has 1 atom stereocenters. The van der Waals surface area contributed by atoms with E-state index in [-0.39, 0.29) is 27.9 Å². The van der Waals surface area contributed by atoms with Crippen molar-refractivity contribution < 1.29 is 22.7 Å². The van der Waals surface area contributed by atoms with Gasteiger partial charge in [-0.25, -0.2) is 0 Å². The van der Waals surface area contributed by atoms with Crippen LogP contribution in [0.2, 0.25) is 0 Å². The summed E-state index contributed by atoms with van der Waals surface area (Å²) in [6.45, 7) is 4.73. The van der Waals surface area contributed by atoms with Crippen molar-refractivity contribution in [1.82, 2.24) is 9.88 Å². The smallest absolute Gasteiger partial charge is 0.399 e. The highest BCUT2D eigenvalue weighted by molar-refractivity contribution is 5.94. The Hall–Kier alpha value is -3.79. The molecule has 10 heteroatoms. The van der Waals surface area contributed by atoms with Crippen molar-refractivity contribution in [2.24, 2.45) is 0 Å². The number of hydrogen-bond donors (Lipinski definition) is 3. The Morgan fingerprint density at radius 2 is 1.89 bits per heavy atom. The van der Waals surface area contributed by atoms with E-state index in [4.69, 9.17) is 10.5 Å². The van der Waals surface area contributed by atoms with Gasteiger partial charge < -0.3 is 21.1 Å². The lowest BCUT2D eigenvalue weighted by atomic mass is 10.0. The van der Waals surface area contributed by atoms with Crippen LogP contribution in [0.5, 0.6) is 0 Å². The van der Waals surface area contributed by atoms with Crippen LogP contribution in [0.4, 0.5) is 24.5 Å². The summed E-state index contributed by atoms with van der Waals surface area (Å²) in [5.74, 6) is -0.546. The van der Waals surface area contributed by atoms with Crippen molar-refractivity contribution in [2.75, 3.05) is 24.3 Å². The van der Waals surface area contributed by atoms with E-state index in [1.165, 1.54) is 29.0 Å². The van der Waals surface area contributed by atoms with Crippen molar-refractivity contribution in [2.45, 2.75) is 31.6 Å². The van der Waals surface area contributed by atoms with Gasteiger partial charge in [-0.2, -0.15) is 13.2 Å². The second kappa shape index (κ2) is 9.10. The number of nitrogen functional groups attached to an aromatic ring is 1. The van der Waals surface area contributed by atoms with Gasteiger partial charge in [0.25, 0.3) is 11.5 Å². The minimum Gasteiger partial charge on any atom is -0.399 e. The maximum absolute atomic E-state index is 13.1. The average Bonchev–Trinajstić information content (AvgIpc) is 2.77. The van der Waals surface area contributed by atoms with Crippen LogP contribution in [0.1, 0.15) is 41.4 Å². The first kappa shape index (κ1) is 24.3. The third kappa shape index (κ3) is 5.48. The van der Waals surface area contributed by atoms with Crippen molar-refractivity contribution >= 4 is 17.3 Å². The van der Waals surface area contributed by atoms with Gasteiger partial charge in [-0.3, -0.25) is 14.2 Å². The lowest BCUT2D eigenvalue weighted by Gasteiger charge is -2.39. The maximum atomic E-state index is 13.1. The number of nitrogens with zero attached hydrogens (tertiary/aromatic N) is 1. The number of carbonyl (C=O) groups excluding carboxylic acids is 1. The summed E-state index contributed by atoms with van der Waals surface area (Å²) in [4.78, 5) is 25.4. The molecule has 1 aliphatic rings. The van der Waals surface area contributed by atoms with Gasteiger partial charge in [0.05, 0.1) is 41.6 Å². The van der Waals surface area contributed by atoms with Crippen molar-refractivity contribution in [3.63, 3.8) is 0 Å². The van der Waals surface area contributed by atoms with Gasteiger partial charge in [0.2, 0.25) is 0 Å². The summed E-state index contributed by atoms with van der Waals surface area (Å²) in [6.07, 6.45) is -3.16. The lowest BCUT2D eigenvalue weighted by Crippen LogP contribution is -2.53. The molecular weight excluding hydrogens is 461 g/mol. The van der Waals surface area contributed by atoms with Crippen LogP contribution >= 0.6 is 0 Å². The molecule has 2 aromatic carbocycles. The molecular formula is C25H25F3N4O3. The van der Waals surface area contributed by atoms with Gasteiger partial charge >= 0.3 is 6.18 Å². The highest BCUT2D eigenvalue weighted by atomic mass is 19.4. The first-order valence-corrected chi connectivity index (χ1v) is 10.9. The molecule has 0 radical (unpaired) electrons. The predicted octanol–water partition coefficient (Wildman–Crippen LogP) is 4.13. The van der Waals surface area contributed by atoms with Gasteiger partial charge in [-0.05, 0) is 61.9 Å². The van der Waals surface area contributed by atoms with E-state index in [0.29, 0.717) is 18.9 Å². The quantitative estimate of drug-likeness (QED) is 0.455. The molecule has 1 amide bonds. The molecule has 1 saturated heterocycles. The number of ether oxygens (including phenoxy) is 1. The lowest BCUT2D eigenvalue weighted by molar-refractivity contribution is -0.137. The molecule has 1 aromatic heterocycles. The number of pyridine rings is 1. The largest absolute Gasteiger partial charge is 0.416 e. The molecule has 35 heavy (non-hydrogen) atoms. The number of aromatic nitrogens is 1. The number of benzene rings is 2. The van der Waals surface area contributed by atoms with Gasteiger partial charge in [-0.15, -0.1) is 0 Å². The highest BCUT2D eigenvalue weighted by Gasteiger charge is 2.33. The van der Waals surface area contributed by atoms with Crippen LogP contribution in [-0.2, 0) is 10.9 Å². The van der Waals surface area contributed by atoms with Crippen LogP contribution in [0.15, 0.2) is 65.6 Å². The molecule has 2 heterocycles. The Bertz CT molecular complexity index is 1320. The molecule has 0 saturated carbocycles. The van der Waals surface area contributed by atoms with Gasteiger partial charge in [0, 0.05) is 23.6 Å². The van der Waals surface area contributed by atoms with Gasteiger partial charge in [0.15, 0.2) is 0 Å². The minimum atomic E-state index is -4.56. The maximum Gasteiger partial charge on any atom is 0.416 e. The standard InChI is InChI=1S/C25H25F3N4O3/c1-15(17-8-18(25(26,27)28)10-19(29)9-17)30-23(34)16-6-7-22(33)32(12-16)21-5-3-4-20(11-21)31-24(2)13-35-14-24/h3-12,15,31H,13-14,29H2,1-2H3,(H,30,34)/t15-/m1/s1. The number of nitrogens with one attached hydrogen (secondary N) is 2. The molecule has 7 nitrogen and oxygen atoms in total. The minimum absolute atomic E-state index is 0.0553. The highest BCUT2D eigenvalue weighted by Crippen LogP contribution is 2.32. The predicted molar refractivity (Wildman–Crippen MR) is 127 cm³/mol. The summed E-state index contributed by atoms with van der Waals surface area (Å²) in [5.41, 5.74) is 5.91. The molecule has 4 N–H and O–H groups in total. The molecule has 1 fully saturated rings. The van der Waals surface area contributed by atoms with Crippen molar-refractivity contribution in [3.05, 3.63) is 87.8 Å². The Morgan fingerprint density at radius 3 is 2.54 bits per heavy atom. The second-order valence-corrected chi connectivity index (χ2v) is 8.94. The third-order valence-corrected chi connectivity index (χ3v) is 5.74. The Balaban J connectivity index is 1.56. The number of rotatable bonds is 6. The van der Waals surface area contributed by atoms with E-state index in [1.54, 1.807) is 25.1 Å². The Labute approximate surface area is 199 Å². The van der Waals surface area contributed by atoms with Gasteiger partial charge in [0.1, 0.15) is 0 Å². The monoisotopic (exact) mass is 486 g/mol. The third-order valence-electron chi connectivity index (χ3n) is 5.74. The normalized spacial score (nSPS) is 15.7. The summed E-state index contributed by atoms with van der Waals surface area (Å²) >= 11 is 0. The Kier molecular flexibility index (Phi) is 6.33. The van der Waals surface area contributed by atoms with Crippen molar-refractivity contribution in [1.29, 1.82) is 0 Å². The van der Waals surface area contributed by atoms with Crippen LogP contribution in [0, 0.1) is 0 Å². The topological polar surface area (TPSA) is 98.4 Å². The van der Waals surface area contributed by atoms with Crippen LogP contribution < -0.4 is 21.9 Å². The fourth-order valence-electron chi connectivity index (χ4n) is 3.84. The van der Waals surface area contributed by atoms with E-state index in [2.05, 4.69) is 10.6 Å². The Morgan fingerprint density at radius 1 is 1.14 bits per heavy atom. The van der Waals surface area contributed by atoms with Gasteiger partial charge in [-0.1, -0.05) is 6.07 Å². The fraction of sp³-hybridized carbons (Fsp3) is 0.280. The van der Waals surface area contributed by atoms with E-state index < -0.39 is 23.7 Å². The summed E-state index contributed by atoms with van der Waals surface area (Å²) in [5, 5.41) is 6.05. The molecule has 3 aromatic rings. The summed E-state index contributed by atoms with van der Waals surface area (Å²) < 4.78 is 46.0. The summed E-state index contributed by atoms with van der Waals surface area (Å²) in [6, 6.07) is 12.3. The SMILES string of the molecule is C[C@@H](NC(=O)c1ccc(=O)n(-c2cccc(NC3(C)COC3)c2)c1)c1cc(N)cc(C(F)(F)F)c1. The number of halogens is 3. The van der Waals surface area contributed by atoms with Crippen LogP contribution in [-0.4, -0.2) is 29.2 Å². The molecule has 0 aliphatic carbocycles. The number of alkyl halides is 3. The number of carbonyl (C=O) groups is 1. The fourth-order valence-corrected chi connectivity index (χ4v) is 3.84. The van der Waals surface area contributed by atoms with Crippen LogP contribution in [0.25, 0.3) is 5.69 Å². The van der Waals surface area contributed by atoms with E-state index >= 15 is 0 Å². The van der Waals surface area contributed by atoms with Crippen molar-refractivity contribution in [3.8, 4) is 5.69 Å². The molecule has 0 spiro atoms. The number of hydrogen-bond acceptors (Lipinski definition) is 5. The first-order chi connectivity index (χ1) is 16.4. The van der Waals surface area contributed by atoms with E-state index in [9.17, 15) is 22.8 Å². The first-order valence-electron chi connectivity index (χ1n) is 10.9. The molecule has 1 aliphatic heterocycles. The molecule has 0 bridgehead atoms. The average molecular weight is 486 g/mol. The number of anilines is 2. The zero-order valence-corrected chi connectivity index (χ0v) is 19.1. The van der Waals surface area contributed by atoms with E-state index in [1.807, 2.05) is 13.0 Å². The zero-order valence-electron chi connectivity index (χ0n) is 19.1. The zero-order chi connectivity index (χ0) is 25.4. The van der Waals surface area contributed by atoms with E-state index in [0.717, 1.165) is 17.8 Å². The number of amides is 1. The summed E-state index contributed by atoms with van der Waals surface area (Å²) in [7, 11) is 0. The van der Waals surface area contributed by atoms with Crippen LogP contribution in [0.3, 0.4) is 0 Å². The molecule has 0 unspecified atom stereocenters. The second-order valence-electron chi connectivity index (χ2n) is 8.94.